The molecule has 9 heteroatoms. The Bertz CT molecular complexity index is 811. The summed E-state index contributed by atoms with van der Waals surface area (Å²) in [5.41, 5.74) is -0.106. The van der Waals surface area contributed by atoms with Crippen molar-refractivity contribution in [1.29, 1.82) is 0 Å². The summed E-state index contributed by atoms with van der Waals surface area (Å²) in [6.45, 7) is 8.32. The molecule has 1 fully saturated rings. The standard InChI is InChI=1S/C22H31ClN4O3.HI/c1-3-24-21(26-16-22(2,28)20-9-6-12-30-20)25-15-19(27-10-13-29-14-11-27)17-7-4-5-8-18(17)23;/h4-9,12,19,28H,3,10-11,13-16H2,1-2H3,(H2,24,25,26);1H. The zero-order valence-corrected chi connectivity index (χ0v) is 21.1. The minimum Gasteiger partial charge on any atom is -0.466 e. The third kappa shape index (κ3) is 7.35. The fourth-order valence-corrected chi connectivity index (χ4v) is 3.76. The molecule has 0 amide bonds. The van der Waals surface area contributed by atoms with E-state index in [2.05, 4.69) is 26.6 Å². The SMILES string of the molecule is CCNC(=NCC(C)(O)c1ccco1)NCC(c1ccccc1Cl)N1CCOCC1.I. The van der Waals surface area contributed by atoms with Gasteiger partial charge in [-0.1, -0.05) is 29.8 Å². The summed E-state index contributed by atoms with van der Waals surface area (Å²) in [7, 11) is 0. The minimum absolute atomic E-state index is 0. The van der Waals surface area contributed by atoms with Gasteiger partial charge in [-0.25, -0.2) is 4.99 Å². The number of morpholine rings is 1. The second-order valence-corrected chi connectivity index (χ2v) is 7.92. The van der Waals surface area contributed by atoms with E-state index < -0.39 is 5.60 Å². The van der Waals surface area contributed by atoms with E-state index in [1.165, 1.54) is 0 Å². The van der Waals surface area contributed by atoms with E-state index >= 15 is 0 Å². The van der Waals surface area contributed by atoms with Gasteiger partial charge in [-0.15, -0.1) is 24.0 Å². The molecule has 1 aliphatic heterocycles. The van der Waals surface area contributed by atoms with E-state index in [1.807, 2.05) is 25.1 Å². The quantitative estimate of drug-likeness (QED) is 0.260. The highest BCUT2D eigenvalue weighted by Gasteiger charge is 2.27. The molecule has 172 valence electrons. The average Bonchev–Trinajstić information content (AvgIpc) is 3.30. The van der Waals surface area contributed by atoms with Gasteiger partial charge >= 0.3 is 0 Å². The number of nitrogens with zero attached hydrogens (tertiary/aromatic N) is 2. The Hall–Kier alpha value is -1.33. The highest BCUT2D eigenvalue weighted by atomic mass is 127. The molecule has 0 saturated carbocycles. The fraction of sp³-hybridized carbons (Fsp3) is 0.500. The first kappa shape index (κ1) is 25.9. The number of rotatable bonds is 8. The fourth-order valence-electron chi connectivity index (χ4n) is 3.50. The number of guanidine groups is 1. The lowest BCUT2D eigenvalue weighted by atomic mass is 10.0. The van der Waals surface area contributed by atoms with Crippen LogP contribution in [0.25, 0.3) is 0 Å². The summed E-state index contributed by atoms with van der Waals surface area (Å²) >= 11 is 6.52. The van der Waals surface area contributed by atoms with E-state index in [0.29, 0.717) is 38.0 Å². The third-order valence-electron chi connectivity index (χ3n) is 5.15. The zero-order chi connectivity index (χ0) is 21.4. The second kappa shape index (κ2) is 12.6. The Labute approximate surface area is 206 Å². The van der Waals surface area contributed by atoms with Crippen LogP contribution in [-0.2, 0) is 10.3 Å². The van der Waals surface area contributed by atoms with Gasteiger partial charge in [0.25, 0.3) is 0 Å². The first-order valence-corrected chi connectivity index (χ1v) is 10.7. The molecule has 1 aromatic carbocycles. The molecule has 3 N–H and O–H groups in total. The zero-order valence-electron chi connectivity index (χ0n) is 18.0. The van der Waals surface area contributed by atoms with Crippen LogP contribution in [0.2, 0.25) is 5.02 Å². The Balaban J connectivity index is 0.00000341. The number of benzene rings is 1. The highest BCUT2D eigenvalue weighted by Crippen LogP contribution is 2.28. The maximum Gasteiger partial charge on any atom is 0.191 e. The van der Waals surface area contributed by atoms with Gasteiger partial charge in [0, 0.05) is 31.2 Å². The van der Waals surface area contributed by atoms with Gasteiger partial charge in [-0.2, -0.15) is 0 Å². The number of aliphatic imine (C=N–C) groups is 1. The van der Waals surface area contributed by atoms with Crippen LogP contribution in [0.1, 0.15) is 31.2 Å². The van der Waals surface area contributed by atoms with Crippen LogP contribution < -0.4 is 10.6 Å². The minimum atomic E-state index is -1.18. The molecule has 0 radical (unpaired) electrons. The number of furan rings is 1. The predicted octanol–water partition coefficient (Wildman–Crippen LogP) is 3.39. The van der Waals surface area contributed by atoms with Crippen LogP contribution in [-0.4, -0.2) is 61.9 Å². The van der Waals surface area contributed by atoms with E-state index in [9.17, 15) is 5.11 Å². The van der Waals surface area contributed by atoms with Crippen molar-refractivity contribution in [3.8, 4) is 0 Å². The molecule has 0 spiro atoms. The molecule has 31 heavy (non-hydrogen) atoms. The molecule has 3 rings (SSSR count). The highest BCUT2D eigenvalue weighted by molar-refractivity contribution is 14.0. The van der Waals surface area contributed by atoms with Crippen molar-refractivity contribution in [3.63, 3.8) is 0 Å². The molecule has 0 bridgehead atoms. The number of hydrogen-bond donors (Lipinski definition) is 3. The Morgan fingerprint density at radius 3 is 2.61 bits per heavy atom. The summed E-state index contributed by atoms with van der Waals surface area (Å²) in [4.78, 5) is 6.96. The van der Waals surface area contributed by atoms with Gasteiger partial charge in [-0.05, 0) is 37.6 Å². The third-order valence-corrected chi connectivity index (χ3v) is 5.50. The number of halogens is 2. The molecular formula is C22H32ClIN4O3. The first-order chi connectivity index (χ1) is 14.5. The van der Waals surface area contributed by atoms with Crippen LogP contribution >= 0.6 is 35.6 Å². The molecule has 0 aliphatic carbocycles. The molecule has 2 unspecified atom stereocenters. The summed E-state index contributed by atoms with van der Waals surface area (Å²) < 4.78 is 10.9. The number of hydrogen-bond acceptors (Lipinski definition) is 5. The Morgan fingerprint density at radius 1 is 1.23 bits per heavy atom. The summed E-state index contributed by atoms with van der Waals surface area (Å²) in [6, 6.07) is 11.5. The van der Waals surface area contributed by atoms with Crippen LogP contribution in [0.3, 0.4) is 0 Å². The lowest BCUT2D eigenvalue weighted by Crippen LogP contribution is -2.46. The van der Waals surface area contributed by atoms with Crippen LogP contribution in [0.4, 0.5) is 0 Å². The van der Waals surface area contributed by atoms with Crippen LogP contribution in [0, 0.1) is 0 Å². The normalized spacial score (nSPS) is 18.0. The Kier molecular flexibility index (Phi) is 10.6. The first-order valence-electron chi connectivity index (χ1n) is 10.4. The summed E-state index contributed by atoms with van der Waals surface area (Å²) in [5.74, 6) is 1.12. The molecule has 1 saturated heterocycles. The van der Waals surface area contributed by atoms with Gasteiger partial charge in [0.15, 0.2) is 5.96 Å². The van der Waals surface area contributed by atoms with E-state index in [-0.39, 0.29) is 36.6 Å². The lowest BCUT2D eigenvalue weighted by Gasteiger charge is -2.35. The molecule has 2 atom stereocenters. The number of ether oxygens (including phenoxy) is 1. The van der Waals surface area contributed by atoms with Crippen molar-refractivity contribution in [2.24, 2.45) is 4.99 Å². The van der Waals surface area contributed by atoms with Gasteiger partial charge < -0.3 is 24.9 Å². The molecule has 1 aromatic heterocycles. The monoisotopic (exact) mass is 562 g/mol. The van der Waals surface area contributed by atoms with E-state index in [1.54, 1.807) is 25.3 Å². The largest absolute Gasteiger partial charge is 0.466 e. The van der Waals surface area contributed by atoms with Crippen molar-refractivity contribution >= 4 is 41.5 Å². The van der Waals surface area contributed by atoms with Crippen molar-refractivity contribution in [2.75, 3.05) is 45.9 Å². The van der Waals surface area contributed by atoms with Crippen molar-refractivity contribution in [3.05, 3.63) is 59.0 Å². The summed E-state index contributed by atoms with van der Waals surface area (Å²) in [6.07, 6.45) is 1.55. The molecular weight excluding hydrogens is 531 g/mol. The number of aliphatic hydroxyl groups is 1. The Morgan fingerprint density at radius 2 is 1.97 bits per heavy atom. The maximum absolute atomic E-state index is 10.7. The van der Waals surface area contributed by atoms with Crippen molar-refractivity contribution in [1.82, 2.24) is 15.5 Å². The molecule has 7 nitrogen and oxygen atoms in total. The van der Waals surface area contributed by atoms with Gasteiger partial charge in [0.1, 0.15) is 11.4 Å². The molecule has 2 aromatic rings. The average molecular weight is 563 g/mol. The van der Waals surface area contributed by atoms with Crippen LogP contribution in [0.5, 0.6) is 0 Å². The van der Waals surface area contributed by atoms with E-state index in [0.717, 1.165) is 23.7 Å². The van der Waals surface area contributed by atoms with Crippen molar-refractivity contribution in [2.45, 2.75) is 25.5 Å². The van der Waals surface area contributed by atoms with Gasteiger partial charge in [-0.3, -0.25) is 4.90 Å². The topological polar surface area (TPSA) is 82.3 Å². The summed E-state index contributed by atoms with van der Waals surface area (Å²) in [5, 5.41) is 18.1. The van der Waals surface area contributed by atoms with Crippen molar-refractivity contribution < 1.29 is 14.3 Å². The molecule has 2 heterocycles. The van der Waals surface area contributed by atoms with Crippen LogP contribution in [0.15, 0.2) is 52.1 Å². The van der Waals surface area contributed by atoms with E-state index in [4.69, 9.17) is 20.8 Å². The van der Waals surface area contributed by atoms with Gasteiger partial charge in [0.05, 0.1) is 32.1 Å². The number of nitrogens with one attached hydrogen (secondary N) is 2. The lowest BCUT2D eigenvalue weighted by molar-refractivity contribution is 0.0169. The smallest absolute Gasteiger partial charge is 0.191 e. The van der Waals surface area contributed by atoms with Gasteiger partial charge in [0.2, 0.25) is 0 Å². The maximum atomic E-state index is 10.7. The second-order valence-electron chi connectivity index (χ2n) is 7.51. The molecule has 1 aliphatic rings. The predicted molar refractivity (Wildman–Crippen MR) is 134 cm³/mol.